The maximum atomic E-state index is 5.07. The van der Waals surface area contributed by atoms with Crippen LogP contribution in [0, 0.1) is 0 Å². The van der Waals surface area contributed by atoms with Crippen molar-refractivity contribution in [3.05, 3.63) is 22.4 Å². The summed E-state index contributed by atoms with van der Waals surface area (Å²) in [5, 5.41) is 11.1. The fourth-order valence-electron chi connectivity index (χ4n) is 2.10. The summed E-state index contributed by atoms with van der Waals surface area (Å²) in [5.74, 6) is 1.36. The molecule has 1 heterocycles. The molecule has 1 rings (SSSR count). The maximum absolute atomic E-state index is 5.07. The van der Waals surface area contributed by atoms with Crippen molar-refractivity contribution in [2.45, 2.75) is 19.3 Å². The van der Waals surface area contributed by atoms with Crippen molar-refractivity contribution >= 4 is 41.3 Å². The maximum Gasteiger partial charge on any atom is 0.191 e. The second-order valence-corrected chi connectivity index (χ2v) is 6.27. The largest absolute Gasteiger partial charge is 0.385 e. The Balaban J connectivity index is 0.00000484. The van der Waals surface area contributed by atoms with Crippen LogP contribution in [0.5, 0.6) is 0 Å². The number of rotatable bonds is 10. The molecule has 0 aliphatic rings. The van der Waals surface area contributed by atoms with E-state index in [0.717, 1.165) is 45.2 Å². The molecular formula is C16H31IN4OS. The number of nitrogens with zero attached hydrogens (tertiary/aromatic N) is 2. The number of guanidine groups is 1. The van der Waals surface area contributed by atoms with Gasteiger partial charge in [-0.3, -0.25) is 4.99 Å². The van der Waals surface area contributed by atoms with Gasteiger partial charge in [0.25, 0.3) is 0 Å². The summed E-state index contributed by atoms with van der Waals surface area (Å²) in [6.07, 6.45) is 1.07. The van der Waals surface area contributed by atoms with Gasteiger partial charge in [-0.25, -0.2) is 0 Å². The van der Waals surface area contributed by atoms with Gasteiger partial charge in [0.15, 0.2) is 5.96 Å². The Morgan fingerprint density at radius 3 is 2.78 bits per heavy atom. The molecule has 134 valence electrons. The summed E-state index contributed by atoms with van der Waals surface area (Å²) in [7, 11) is 5.69. The minimum atomic E-state index is 0. The number of hydrogen-bond acceptors (Lipinski definition) is 4. The van der Waals surface area contributed by atoms with E-state index in [9.17, 15) is 0 Å². The Kier molecular flexibility index (Phi) is 13.8. The fourth-order valence-corrected chi connectivity index (χ4v) is 2.88. The van der Waals surface area contributed by atoms with Gasteiger partial charge < -0.3 is 20.3 Å². The Morgan fingerprint density at radius 1 is 1.39 bits per heavy atom. The lowest BCUT2D eigenvalue weighted by molar-refractivity contribution is 0.180. The van der Waals surface area contributed by atoms with Crippen LogP contribution < -0.4 is 10.6 Å². The van der Waals surface area contributed by atoms with Crippen molar-refractivity contribution in [2.24, 2.45) is 4.99 Å². The van der Waals surface area contributed by atoms with Crippen LogP contribution in [-0.2, 0) is 4.74 Å². The van der Waals surface area contributed by atoms with Gasteiger partial charge in [-0.15, -0.1) is 24.0 Å². The lowest BCUT2D eigenvalue weighted by Gasteiger charge is -2.19. The van der Waals surface area contributed by atoms with Crippen LogP contribution in [0.1, 0.15) is 24.8 Å². The number of methoxy groups -OCH3 is 1. The topological polar surface area (TPSA) is 48.9 Å². The van der Waals surface area contributed by atoms with E-state index >= 15 is 0 Å². The minimum Gasteiger partial charge on any atom is -0.385 e. The molecule has 0 saturated heterocycles. The van der Waals surface area contributed by atoms with Gasteiger partial charge >= 0.3 is 0 Å². The van der Waals surface area contributed by atoms with Gasteiger partial charge in [-0.1, -0.05) is 6.92 Å². The second-order valence-electron chi connectivity index (χ2n) is 5.49. The fraction of sp³-hybridized carbons (Fsp3) is 0.688. The van der Waals surface area contributed by atoms with Crippen molar-refractivity contribution in [3.63, 3.8) is 0 Å². The highest BCUT2D eigenvalue weighted by Crippen LogP contribution is 2.16. The Hall–Kier alpha value is -0.380. The molecule has 0 aromatic carbocycles. The molecule has 2 N–H and O–H groups in total. The Labute approximate surface area is 161 Å². The molecule has 1 aromatic heterocycles. The highest BCUT2D eigenvalue weighted by atomic mass is 127. The highest BCUT2D eigenvalue weighted by Gasteiger charge is 2.07. The van der Waals surface area contributed by atoms with E-state index in [1.54, 1.807) is 18.4 Å². The van der Waals surface area contributed by atoms with E-state index in [0.29, 0.717) is 5.92 Å². The lowest BCUT2D eigenvalue weighted by Crippen LogP contribution is -2.42. The van der Waals surface area contributed by atoms with Crippen molar-refractivity contribution in [2.75, 3.05) is 54.0 Å². The highest BCUT2D eigenvalue weighted by molar-refractivity contribution is 14.0. The lowest BCUT2D eigenvalue weighted by atomic mass is 10.1. The molecule has 7 heteroatoms. The van der Waals surface area contributed by atoms with Gasteiger partial charge in [-0.2, -0.15) is 11.3 Å². The molecule has 23 heavy (non-hydrogen) atoms. The van der Waals surface area contributed by atoms with E-state index in [2.05, 4.69) is 51.3 Å². The molecule has 1 atom stereocenters. The van der Waals surface area contributed by atoms with Gasteiger partial charge in [0.2, 0.25) is 0 Å². The zero-order chi connectivity index (χ0) is 16.2. The quantitative estimate of drug-likeness (QED) is 0.247. The zero-order valence-corrected chi connectivity index (χ0v) is 17.8. The number of hydrogen-bond donors (Lipinski definition) is 2. The predicted molar refractivity (Wildman–Crippen MR) is 112 cm³/mol. The average Bonchev–Trinajstić information content (AvgIpc) is 3.05. The van der Waals surface area contributed by atoms with E-state index < -0.39 is 0 Å². The number of ether oxygens (including phenoxy) is 1. The van der Waals surface area contributed by atoms with Crippen LogP contribution in [0.25, 0.3) is 0 Å². The van der Waals surface area contributed by atoms with Crippen LogP contribution in [0.2, 0.25) is 0 Å². The normalized spacial score (nSPS) is 12.8. The van der Waals surface area contributed by atoms with Crippen molar-refractivity contribution in [1.82, 2.24) is 15.5 Å². The zero-order valence-electron chi connectivity index (χ0n) is 14.7. The molecule has 0 radical (unpaired) electrons. The first-order chi connectivity index (χ1) is 10.7. The first-order valence-electron chi connectivity index (χ1n) is 7.81. The Bertz CT molecular complexity index is 414. The van der Waals surface area contributed by atoms with E-state index in [1.165, 1.54) is 5.56 Å². The molecule has 0 amide bonds. The number of likely N-dealkylation sites (N-methyl/N-ethyl adjacent to an activating group) is 1. The summed E-state index contributed by atoms with van der Waals surface area (Å²) in [6, 6.07) is 2.18. The molecular weight excluding hydrogens is 423 g/mol. The van der Waals surface area contributed by atoms with Crippen molar-refractivity contribution in [1.29, 1.82) is 0 Å². The monoisotopic (exact) mass is 454 g/mol. The molecule has 0 bridgehead atoms. The molecule has 0 aliphatic heterocycles. The third-order valence-electron chi connectivity index (χ3n) is 3.59. The van der Waals surface area contributed by atoms with Gasteiger partial charge in [0.05, 0.1) is 0 Å². The molecule has 5 nitrogen and oxygen atoms in total. The standard InChI is InChI=1S/C16H30N4OS.HI/c1-14(15-6-11-22-13-15)12-19-16(17-2)18-7-9-20(3)8-5-10-21-4;/h6,11,13-14H,5,7-10,12H2,1-4H3,(H2,17,18,19);1H. The number of nitrogens with one attached hydrogen (secondary N) is 2. The van der Waals surface area contributed by atoms with Crippen LogP contribution in [-0.4, -0.2) is 64.9 Å². The van der Waals surface area contributed by atoms with Gasteiger partial charge in [-0.05, 0) is 41.8 Å². The van der Waals surface area contributed by atoms with Crippen LogP contribution in [0.15, 0.2) is 21.8 Å². The summed E-state index contributed by atoms with van der Waals surface area (Å²) in [5.41, 5.74) is 1.38. The molecule has 0 aliphatic carbocycles. The van der Waals surface area contributed by atoms with Crippen LogP contribution >= 0.6 is 35.3 Å². The van der Waals surface area contributed by atoms with Gasteiger partial charge in [0.1, 0.15) is 0 Å². The summed E-state index contributed by atoms with van der Waals surface area (Å²) in [4.78, 5) is 6.57. The molecule has 0 fully saturated rings. The summed E-state index contributed by atoms with van der Waals surface area (Å²) in [6.45, 7) is 6.87. The van der Waals surface area contributed by atoms with E-state index in [1.807, 2.05) is 7.05 Å². The van der Waals surface area contributed by atoms with E-state index in [4.69, 9.17) is 4.74 Å². The number of halogens is 1. The molecule has 0 saturated carbocycles. The Morgan fingerprint density at radius 2 is 2.17 bits per heavy atom. The minimum absolute atomic E-state index is 0. The third-order valence-corrected chi connectivity index (χ3v) is 4.29. The van der Waals surface area contributed by atoms with Gasteiger partial charge in [0, 0.05) is 46.9 Å². The molecule has 1 aromatic rings. The first kappa shape index (κ1) is 22.6. The smallest absolute Gasteiger partial charge is 0.191 e. The van der Waals surface area contributed by atoms with E-state index in [-0.39, 0.29) is 24.0 Å². The second kappa shape index (κ2) is 14.0. The number of thiophene rings is 1. The first-order valence-corrected chi connectivity index (χ1v) is 8.75. The summed E-state index contributed by atoms with van der Waals surface area (Å²) < 4.78 is 5.07. The van der Waals surface area contributed by atoms with Crippen LogP contribution in [0.4, 0.5) is 0 Å². The third kappa shape index (κ3) is 10.2. The SMILES string of the molecule is CN=C(NCCN(C)CCCOC)NCC(C)c1ccsc1.I. The molecule has 1 unspecified atom stereocenters. The van der Waals surface area contributed by atoms with Crippen molar-refractivity contribution < 1.29 is 4.74 Å². The predicted octanol–water partition coefficient (Wildman–Crippen LogP) is 2.60. The summed E-state index contributed by atoms with van der Waals surface area (Å²) >= 11 is 1.74. The van der Waals surface area contributed by atoms with Crippen LogP contribution in [0.3, 0.4) is 0 Å². The number of aliphatic imine (C=N–C) groups is 1. The average molecular weight is 454 g/mol. The molecule has 0 spiro atoms. The van der Waals surface area contributed by atoms with Crippen molar-refractivity contribution in [3.8, 4) is 0 Å².